The fourth-order valence-corrected chi connectivity index (χ4v) is 1.90. The van der Waals surface area contributed by atoms with Crippen molar-refractivity contribution in [2.24, 2.45) is 0 Å². The lowest BCUT2D eigenvalue weighted by Crippen LogP contribution is -2.59. The highest BCUT2D eigenvalue weighted by Crippen LogP contribution is 2.25. The number of carboxylic acid groups (broad SMARTS) is 2. The quantitative estimate of drug-likeness (QED) is 0.211. The number of carboxylic acids is 2. The lowest BCUT2D eigenvalue weighted by Gasteiger charge is -2.39. The summed E-state index contributed by atoms with van der Waals surface area (Å²) in [5.41, 5.74) is 0. The number of aliphatic hydroxyl groups is 4. The van der Waals surface area contributed by atoms with Crippen LogP contribution in [0, 0.1) is 0 Å². The number of alkyl halides is 1. The first-order valence-electron chi connectivity index (χ1n) is 6.23. The minimum atomic E-state index is -2.60. The van der Waals surface area contributed by atoms with E-state index in [1.54, 1.807) is 0 Å². The monoisotopic (exact) mass is 344 g/mol. The number of aliphatic carboxylic acids is 2. The minimum Gasteiger partial charge on any atom is -0.479 e. The van der Waals surface area contributed by atoms with E-state index in [-0.39, 0.29) is 0 Å². The molecule has 1 saturated heterocycles. The summed E-state index contributed by atoms with van der Waals surface area (Å²) in [4.78, 5) is 19.1. The first-order valence-corrected chi connectivity index (χ1v) is 6.60. The van der Waals surface area contributed by atoms with Crippen molar-refractivity contribution in [3.8, 4) is 0 Å². The predicted molar refractivity (Wildman–Crippen MR) is 68.2 cm³/mol. The molecule has 11 heteroatoms. The number of carbonyl (C=O) groups is 2. The van der Waals surface area contributed by atoms with Crippen LogP contribution >= 0.6 is 11.6 Å². The second-order valence-electron chi connectivity index (χ2n) is 4.73. The van der Waals surface area contributed by atoms with Crippen molar-refractivity contribution in [2.45, 2.75) is 42.0 Å². The van der Waals surface area contributed by atoms with E-state index in [2.05, 4.69) is 0 Å². The molecule has 0 spiro atoms. The van der Waals surface area contributed by atoms with Gasteiger partial charge in [-0.2, -0.15) is 0 Å². The molecule has 0 saturated carbocycles. The van der Waals surface area contributed by atoms with Crippen LogP contribution in [-0.2, 0) is 19.1 Å². The molecule has 6 N–H and O–H groups in total. The van der Waals surface area contributed by atoms with Gasteiger partial charge in [-0.15, -0.1) is 0 Å². The van der Waals surface area contributed by atoms with Crippen molar-refractivity contribution < 1.29 is 49.7 Å². The molecule has 0 bridgehead atoms. The highest BCUT2D eigenvalue weighted by atomic mass is 35.5. The summed E-state index contributed by atoms with van der Waals surface area (Å²) in [5, 5.41) is 55.3. The molecular weight excluding hydrogens is 328 g/mol. The molecular formula is C11H17ClO10. The van der Waals surface area contributed by atoms with E-state index in [1.165, 1.54) is 0 Å². The van der Waals surface area contributed by atoms with Gasteiger partial charge < -0.3 is 40.1 Å². The third kappa shape index (κ3) is 3.84. The van der Waals surface area contributed by atoms with Crippen LogP contribution in [0.4, 0.5) is 0 Å². The summed E-state index contributed by atoms with van der Waals surface area (Å²) < 4.78 is 9.97. The Bertz CT molecular complexity index is 400. The van der Waals surface area contributed by atoms with E-state index in [0.717, 1.165) is 0 Å². The van der Waals surface area contributed by atoms with Crippen LogP contribution in [0.15, 0.2) is 0 Å². The van der Waals surface area contributed by atoms with Crippen molar-refractivity contribution in [1.29, 1.82) is 0 Å². The van der Waals surface area contributed by atoms with Gasteiger partial charge in [0, 0.05) is 6.42 Å². The zero-order valence-electron chi connectivity index (χ0n) is 11.2. The van der Waals surface area contributed by atoms with Gasteiger partial charge in [-0.05, 0) is 0 Å². The minimum absolute atomic E-state index is 0.523. The van der Waals surface area contributed by atoms with Gasteiger partial charge in [0.15, 0.2) is 6.29 Å². The zero-order valence-corrected chi connectivity index (χ0v) is 12.0. The second kappa shape index (κ2) is 7.51. The second-order valence-corrected chi connectivity index (χ2v) is 5.37. The Kier molecular flexibility index (Phi) is 6.50. The molecule has 0 aromatic rings. The Balaban J connectivity index is 2.63. The smallest absolute Gasteiger partial charge is 0.336 e. The standard InChI is InChI=1S/C11H17ClO10/c12-11(9(17)18,10(19)20)1-2-21-8-7(16)6(15)5(14)4(3-13)22-8/h4-8,13-16H,1-3H2,(H,17,18)(H,19,20)/t4-,5+,6+,7-,8?/m1/s1. The third-order valence-electron chi connectivity index (χ3n) is 3.26. The number of hydrogen-bond donors (Lipinski definition) is 6. The Morgan fingerprint density at radius 2 is 1.64 bits per heavy atom. The number of halogens is 1. The van der Waals surface area contributed by atoms with Gasteiger partial charge in [0.25, 0.3) is 0 Å². The summed E-state index contributed by atoms with van der Waals surface area (Å²) in [5.74, 6) is -3.56. The summed E-state index contributed by atoms with van der Waals surface area (Å²) in [7, 11) is 0. The van der Waals surface area contributed by atoms with E-state index in [0.29, 0.717) is 0 Å². The van der Waals surface area contributed by atoms with Crippen LogP contribution in [0.5, 0.6) is 0 Å². The first-order chi connectivity index (χ1) is 10.1. The number of hydrogen-bond acceptors (Lipinski definition) is 8. The van der Waals surface area contributed by atoms with Gasteiger partial charge in [0.2, 0.25) is 4.87 Å². The Morgan fingerprint density at radius 1 is 1.09 bits per heavy atom. The van der Waals surface area contributed by atoms with E-state index >= 15 is 0 Å². The maximum absolute atomic E-state index is 10.8. The van der Waals surface area contributed by atoms with Crippen LogP contribution < -0.4 is 0 Å². The fourth-order valence-electron chi connectivity index (χ4n) is 1.83. The highest BCUT2D eigenvalue weighted by molar-refractivity contribution is 6.44. The molecule has 0 radical (unpaired) electrons. The van der Waals surface area contributed by atoms with Crippen molar-refractivity contribution in [1.82, 2.24) is 0 Å². The maximum atomic E-state index is 10.8. The Hall–Kier alpha value is -1.01. The normalized spacial score (nSPS) is 32.7. The lowest BCUT2D eigenvalue weighted by molar-refractivity contribution is -0.301. The summed E-state index contributed by atoms with van der Waals surface area (Å²) in [6.45, 7) is -1.18. The van der Waals surface area contributed by atoms with Gasteiger partial charge in [-0.1, -0.05) is 11.6 Å². The third-order valence-corrected chi connectivity index (χ3v) is 3.77. The molecule has 128 valence electrons. The van der Waals surface area contributed by atoms with Gasteiger partial charge in [0.1, 0.15) is 24.4 Å². The van der Waals surface area contributed by atoms with E-state index in [1.807, 2.05) is 0 Å². The Morgan fingerprint density at radius 3 is 2.09 bits per heavy atom. The molecule has 0 aromatic heterocycles. The van der Waals surface area contributed by atoms with E-state index in [9.17, 15) is 24.9 Å². The maximum Gasteiger partial charge on any atom is 0.336 e. The van der Waals surface area contributed by atoms with Crippen LogP contribution in [0.2, 0.25) is 0 Å². The summed E-state index contributed by atoms with van der Waals surface area (Å²) >= 11 is 5.46. The lowest BCUT2D eigenvalue weighted by atomic mass is 9.99. The molecule has 1 aliphatic rings. The number of aliphatic hydroxyl groups excluding tert-OH is 4. The van der Waals surface area contributed by atoms with Crippen LogP contribution in [-0.4, -0.2) is 91.4 Å². The molecule has 0 amide bonds. The first kappa shape index (κ1) is 19.0. The fraction of sp³-hybridized carbons (Fsp3) is 0.818. The average molecular weight is 345 g/mol. The molecule has 1 aliphatic heterocycles. The molecule has 22 heavy (non-hydrogen) atoms. The van der Waals surface area contributed by atoms with E-state index in [4.69, 9.17) is 36.4 Å². The highest BCUT2D eigenvalue weighted by Gasteiger charge is 2.47. The average Bonchev–Trinajstić information content (AvgIpc) is 2.46. The van der Waals surface area contributed by atoms with Gasteiger partial charge >= 0.3 is 11.9 Å². The largest absolute Gasteiger partial charge is 0.479 e. The van der Waals surface area contributed by atoms with Gasteiger partial charge in [-0.25, -0.2) is 9.59 Å². The van der Waals surface area contributed by atoms with Crippen LogP contribution in [0.1, 0.15) is 6.42 Å². The Labute approximate surface area is 129 Å². The van der Waals surface area contributed by atoms with Crippen molar-refractivity contribution >= 4 is 23.5 Å². The number of rotatable bonds is 7. The van der Waals surface area contributed by atoms with Gasteiger partial charge in [0.05, 0.1) is 13.2 Å². The van der Waals surface area contributed by atoms with Crippen molar-refractivity contribution in [3.63, 3.8) is 0 Å². The summed E-state index contributed by atoms with van der Waals surface area (Å²) in [6, 6.07) is 0. The van der Waals surface area contributed by atoms with Crippen molar-refractivity contribution in [2.75, 3.05) is 13.2 Å². The molecule has 0 aromatic carbocycles. The molecule has 5 atom stereocenters. The molecule has 10 nitrogen and oxygen atoms in total. The van der Waals surface area contributed by atoms with Gasteiger partial charge in [-0.3, -0.25) is 0 Å². The molecule has 1 fully saturated rings. The summed E-state index contributed by atoms with van der Waals surface area (Å²) in [6.07, 6.45) is -8.21. The SMILES string of the molecule is O=C(O)C(Cl)(CCOC1O[C@H](CO)[C@H](O)[C@H](O)[C@H]1O)C(=O)O. The van der Waals surface area contributed by atoms with Crippen molar-refractivity contribution in [3.05, 3.63) is 0 Å². The topological polar surface area (TPSA) is 174 Å². The van der Waals surface area contributed by atoms with Crippen LogP contribution in [0.25, 0.3) is 0 Å². The molecule has 0 aliphatic carbocycles. The molecule has 1 heterocycles. The predicted octanol–water partition coefficient (Wildman–Crippen LogP) is -2.66. The van der Waals surface area contributed by atoms with E-state index < -0.39 is 67.2 Å². The van der Waals surface area contributed by atoms with Crippen LogP contribution in [0.3, 0.4) is 0 Å². The molecule has 1 unspecified atom stereocenters. The number of ether oxygens (including phenoxy) is 2. The zero-order chi connectivity index (χ0) is 17.1. The molecule has 1 rings (SSSR count).